The summed E-state index contributed by atoms with van der Waals surface area (Å²) in [4.78, 5) is 10.5. The molecule has 1 aromatic carbocycles. The van der Waals surface area contributed by atoms with E-state index in [9.17, 15) is 8.42 Å². The summed E-state index contributed by atoms with van der Waals surface area (Å²) >= 11 is 1.71. The second-order valence-electron chi connectivity index (χ2n) is 6.40. The van der Waals surface area contributed by atoms with E-state index >= 15 is 0 Å². The molecule has 9 heteroatoms. The Kier molecular flexibility index (Phi) is 8.40. The van der Waals surface area contributed by atoms with Crippen LogP contribution in [0.25, 0.3) is 0 Å². The number of hydrogen-bond acceptors (Lipinski definition) is 5. The Labute approximate surface area is 171 Å². The molecule has 0 saturated carbocycles. The van der Waals surface area contributed by atoms with Gasteiger partial charge in [-0.1, -0.05) is 17.7 Å². The lowest BCUT2D eigenvalue weighted by Gasteiger charge is -2.11. The van der Waals surface area contributed by atoms with Gasteiger partial charge in [-0.25, -0.2) is 18.1 Å². The van der Waals surface area contributed by atoms with Crippen LogP contribution in [0, 0.1) is 20.8 Å². The first-order valence-corrected chi connectivity index (χ1v) is 11.6. The van der Waals surface area contributed by atoms with Crippen LogP contribution in [0.2, 0.25) is 0 Å². The van der Waals surface area contributed by atoms with Gasteiger partial charge in [-0.2, -0.15) is 0 Å². The summed E-state index contributed by atoms with van der Waals surface area (Å²) in [5.41, 5.74) is 2.11. The highest BCUT2D eigenvalue weighted by atomic mass is 32.2. The minimum Gasteiger partial charge on any atom is -0.357 e. The van der Waals surface area contributed by atoms with Crippen molar-refractivity contribution >= 4 is 27.3 Å². The molecule has 7 nitrogen and oxygen atoms in total. The van der Waals surface area contributed by atoms with E-state index in [-0.39, 0.29) is 11.4 Å². The predicted molar refractivity (Wildman–Crippen MR) is 116 cm³/mol. The summed E-state index contributed by atoms with van der Waals surface area (Å²) in [7, 11) is -3.51. The number of sulfonamides is 1. The van der Waals surface area contributed by atoms with Gasteiger partial charge in [-0.15, -0.1) is 11.3 Å². The molecule has 0 fully saturated rings. The molecule has 0 aliphatic heterocycles. The molecule has 2 rings (SSSR count). The molecule has 0 radical (unpaired) electrons. The molecule has 0 unspecified atom stereocenters. The number of hydrogen-bond donors (Lipinski definition) is 3. The summed E-state index contributed by atoms with van der Waals surface area (Å²) in [6, 6.07) is 6.78. The van der Waals surface area contributed by atoms with Gasteiger partial charge in [0.05, 0.1) is 22.1 Å². The Balaban J connectivity index is 1.82. The quantitative estimate of drug-likeness (QED) is 0.326. The third kappa shape index (κ3) is 6.88. The average Bonchev–Trinajstić information content (AvgIpc) is 2.96. The van der Waals surface area contributed by atoms with Crippen LogP contribution in [0.5, 0.6) is 0 Å². The van der Waals surface area contributed by atoms with Crippen molar-refractivity contribution in [1.82, 2.24) is 20.3 Å². The van der Waals surface area contributed by atoms with E-state index in [1.807, 2.05) is 20.8 Å². The molecule has 154 valence electrons. The lowest BCUT2D eigenvalue weighted by atomic mass is 10.2. The maximum Gasteiger partial charge on any atom is 0.240 e. The number of aryl methyl sites for hydroxylation is 3. The average molecular weight is 424 g/mol. The first-order valence-electron chi connectivity index (χ1n) is 9.33. The van der Waals surface area contributed by atoms with Crippen molar-refractivity contribution in [3.63, 3.8) is 0 Å². The highest BCUT2D eigenvalue weighted by Gasteiger charge is 2.12. The number of thiazole rings is 1. The van der Waals surface area contributed by atoms with Crippen LogP contribution >= 0.6 is 11.3 Å². The molecule has 0 aliphatic carbocycles. The number of guanidine groups is 1. The van der Waals surface area contributed by atoms with E-state index < -0.39 is 10.0 Å². The van der Waals surface area contributed by atoms with Crippen molar-refractivity contribution in [1.29, 1.82) is 0 Å². The molecule has 0 spiro atoms. The summed E-state index contributed by atoms with van der Waals surface area (Å²) in [5, 5.41) is 7.53. The SMILES string of the molecule is CCNC(=NCCNS(=O)(=O)c1ccc(C)cc1)NCCc1nc(C)c(C)s1. The van der Waals surface area contributed by atoms with Gasteiger partial charge in [0.2, 0.25) is 10.0 Å². The second kappa shape index (κ2) is 10.5. The summed E-state index contributed by atoms with van der Waals surface area (Å²) in [5.74, 6) is 0.669. The van der Waals surface area contributed by atoms with E-state index in [0.29, 0.717) is 19.0 Å². The van der Waals surface area contributed by atoms with Gasteiger partial charge in [0.1, 0.15) is 0 Å². The second-order valence-corrected chi connectivity index (χ2v) is 9.45. The van der Waals surface area contributed by atoms with Crippen LogP contribution in [0.15, 0.2) is 34.2 Å². The summed E-state index contributed by atoms with van der Waals surface area (Å²) in [6.45, 7) is 10.0. The van der Waals surface area contributed by atoms with E-state index in [1.165, 1.54) is 4.88 Å². The standard InChI is InChI=1S/C19H29N5O2S2/c1-5-20-19(21-11-10-18-24-15(3)16(4)27-18)22-12-13-23-28(25,26)17-8-6-14(2)7-9-17/h6-9,23H,5,10-13H2,1-4H3,(H2,20,21,22). The largest absolute Gasteiger partial charge is 0.357 e. The highest BCUT2D eigenvalue weighted by Crippen LogP contribution is 2.16. The van der Waals surface area contributed by atoms with Gasteiger partial charge in [-0.3, -0.25) is 4.99 Å². The topological polar surface area (TPSA) is 95.5 Å². The van der Waals surface area contributed by atoms with Crippen molar-refractivity contribution in [2.75, 3.05) is 26.2 Å². The zero-order valence-electron chi connectivity index (χ0n) is 16.9. The molecule has 3 N–H and O–H groups in total. The number of benzene rings is 1. The molecular formula is C19H29N5O2S2. The number of nitrogens with zero attached hydrogens (tertiary/aromatic N) is 2. The Morgan fingerprint density at radius 2 is 1.82 bits per heavy atom. The summed E-state index contributed by atoms with van der Waals surface area (Å²) < 4.78 is 27.1. The van der Waals surface area contributed by atoms with Crippen LogP contribution in [0.4, 0.5) is 0 Å². The fourth-order valence-electron chi connectivity index (χ4n) is 2.42. The monoisotopic (exact) mass is 423 g/mol. The van der Waals surface area contributed by atoms with E-state index in [4.69, 9.17) is 0 Å². The Morgan fingerprint density at radius 3 is 2.43 bits per heavy atom. The number of rotatable bonds is 9. The number of nitrogens with one attached hydrogen (secondary N) is 3. The third-order valence-corrected chi connectivity index (χ3v) is 6.66. The van der Waals surface area contributed by atoms with Gasteiger partial charge in [0.25, 0.3) is 0 Å². The minimum atomic E-state index is -3.51. The van der Waals surface area contributed by atoms with Crippen molar-refractivity contribution in [2.45, 2.75) is 39.0 Å². The van der Waals surface area contributed by atoms with Crippen molar-refractivity contribution in [3.8, 4) is 0 Å². The maximum absolute atomic E-state index is 12.3. The van der Waals surface area contributed by atoms with Crippen LogP contribution in [-0.2, 0) is 16.4 Å². The fourth-order valence-corrected chi connectivity index (χ4v) is 4.38. The van der Waals surface area contributed by atoms with Crippen molar-refractivity contribution in [2.24, 2.45) is 4.99 Å². The van der Waals surface area contributed by atoms with E-state index in [0.717, 1.165) is 29.2 Å². The van der Waals surface area contributed by atoms with Gasteiger partial charge in [0.15, 0.2) is 5.96 Å². The molecule has 1 heterocycles. The van der Waals surface area contributed by atoms with Gasteiger partial charge in [-0.05, 0) is 39.8 Å². The zero-order chi connectivity index (χ0) is 20.6. The molecule has 2 aromatic rings. The first-order chi connectivity index (χ1) is 13.3. The van der Waals surface area contributed by atoms with Gasteiger partial charge >= 0.3 is 0 Å². The molecule has 0 bridgehead atoms. The molecule has 0 saturated heterocycles. The number of aromatic nitrogens is 1. The molecule has 0 aliphatic rings. The smallest absolute Gasteiger partial charge is 0.240 e. The molecule has 0 amide bonds. The van der Waals surface area contributed by atoms with Crippen molar-refractivity contribution in [3.05, 3.63) is 45.4 Å². The Morgan fingerprint density at radius 1 is 1.11 bits per heavy atom. The molecule has 28 heavy (non-hydrogen) atoms. The highest BCUT2D eigenvalue weighted by molar-refractivity contribution is 7.89. The molecule has 1 aromatic heterocycles. The van der Waals surface area contributed by atoms with Crippen LogP contribution < -0.4 is 15.4 Å². The van der Waals surface area contributed by atoms with E-state index in [1.54, 1.807) is 35.6 Å². The van der Waals surface area contributed by atoms with Crippen LogP contribution in [-0.4, -0.2) is 45.5 Å². The Bertz CT molecular complexity index is 870. The maximum atomic E-state index is 12.3. The zero-order valence-corrected chi connectivity index (χ0v) is 18.5. The molecule has 0 atom stereocenters. The first kappa shape index (κ1) is 22.3. The van der Waals surface area contributed by atoms with Crippen molar-refractivity contribution < 1.29 is 8.42 Å². The minimum absolute atomic E-state index is 0.234. The van der Waals surface area contributed by atoms with E-state index in [2.05, 4.69) is 32.3 Å². The molecular weight excluding hydrogens is 394 g/mol. The lowest BCUT2D eigenvalue weighted by Crippen LogP contribution is -2.39. The predicted octanol–water partition coefficient (Wildman–Crippen LogP) is 2.14. The third-order valence-electron chi connectivity index (χ3n) is 4.05. The van der Waals surface area contributed by atoms with Crippen LogP contribution in [0.3, 0.4) is 0 Å². The van der Waals surface area contributed by atoms with Crippen LogP contribution in [0.1, 0.15) is 28.1 Å². The fraction of sp³-hybridized carbons (Fsp3) is 0.474. The van der Waals surface area contributed by atoms with Gasteiger partial charge in [0, 0.05) is 30.9 Å². The lowest BCUT2D eigenvalue weighted by molar-refractivity contribution is 0.582. The van der Waals surface area contributed by atoms with Gasteiger partial charge < -0.3 is 10.6 Å². The summed E-state index contributed by atoms with van der Waals surface area (Å²) in [6.07, 6.45) is 0.823. The Hall–Kier alpha value is -1.97. The normalized spacial score (nSPS) is 12.2. The number of aliphatic imine (C=N–C) groups is 1.